The van der Waals surface area contributed by atoms with E-state index in [0.717, 1.165) is 17.4 Å². The van der Waals surface area contributed by atoms with Crippen molar-refractivity contribution in [3.05, 3.63) is 61.8 Å². The Morgan fingerprint density at radius 3 is 2.66 bits per heavy atom. The van der Waals surface area contributed by atoms with Crippen LogP contribution >= 0.6 is 11.3 Å². The van der Waals surface area contributed by atoms with Crippen molar-refractivity contribution in [3.8, 4) is 0 Å². The fourth-order valence-electron chi connectivity index (χ4n) is 4.87. The van der Waals surface area contributed by atoms with Crippen LogP contribution in [-0.4, -0.2) is 44.7 Å². The van der Waals surface area contributed by atoms with E-state index in [1.54, 1.807) is 12.3 Å². The lowest BCUT2D eigenvalue weighted by molar-refractivity contribution is -0.160. The number of thiophene rings is 1. The Hall–Kier alpha value is -3.58. The summed E-state index contributed by atoms with van der Waals surface area (Å²) in [7, 11) is 0. The molecule has 0 bridgehead atoms. The van der Waals surface area contributed by atoms with E-state index < -0.39 is 47.0 Å². The molecule has 9 nitrogen and oxygen atoms in total. The summed E-state index contributed by atoms with van der Waals surface area (Å²) in [5.41, 5.74) is -2.26. The fraction of sp³-hybridized carbons (Fsp3) is 0.400. The third-order valence-corrected chi connectivity index (χ3v) is 8.11. The van der Waals surface area contributed by atoms with Crippen LogP contribution in [0.3, 0.4) is 0 Å². The lowest BCUT2D eigenvalue weighted by Gasteiger charge is -2.28. The lowest BCUT2D eigenvalue weighted by Crippen LogP contribution is -2.47. The number of carbonyl (C=O) groups excluding carboxylic acids is 3. The van der Waals surface area contributed by atoms with Gasteiger partial charge in [0.25, 0.3) is 11.5 Å². The number of alkyl halides is 3. The van der Waals surface area contributed by atoms with E-state index in [-0.39, 0.29) is 54.6 Å². The van der Waals surface area contributed by atoms with E-state index in [4.69, 9.17) is 0 Å². The first kappa shape index (κ1) is 26.0. The minimum atomic E-state index is -4.44. The fourth-order valence-corrected chi connectivity index (χ4v) is 5.76. The molecule has 2 aliphatic rings. The molecule has 5 rings (SSSR count). The highest BCUT2D eigenvalue weighted by Crippen LogP contribution is 2.58. The third-order valence-electron chi connectivity index (χ3n) is 7.13. The van der Waals surface area contributed by atoms with Crippen LogP contribution in [0.4, 0.5) is 13.2 Å². The van der Waals surface area contributed by atoms with Gasteiger partial charge in [0.1, 0.15) is 18.1 Å². The van der Waals surface area contributed by atoms with E-state index in [2.05, 4.69) is 15.6 Å². The standard InChI is InChI=1S/C25H23F3N4O5S/c1-12-30-19-15(23(37)32(12)16-5-6-18(33)31-21(16)35)11-38-17(19)10-29-22(36)20(34)13-3-2-4-14(9-13)24(7-8-24)25(26,27)28/h2-4,9,11,16,18,33H,5-8,10H2,1H3,(H,29,36)(H,31,35). The minimum absolute atomic E-state index is 0.0370. The maximum Gasteiger partial charge on any atom is 0.398 e. The van der Waals surface area contributed by atoms with Crippen molar-refractivity contribution in [1.29, 1.82) is 0 Å². The van der Waals surface area contributed by atoms with Crippen LogP contribution in [0.25, 0.3) is 10.9 Å². The number of halogens is 3. The Kier molecular flexibility index (Phi) is 6.38. The number of hydrogen-bond acceptors (Lipinski definition) is 7. The number of ketones is 1. The molecule has 1 aliphatic carbocycles. The van der Waals surface area contributed by atoms with Gasteiger partial charge in [-0.05, 0) is 44.2 Å². The average molecular weight is 549 g/mol. The van der Waals surface area contributed by atoms with E-state index in [1.807, 2.05) is 0 Å². The zero-order chi connectivity index (χ0) is 27.4. The van der Waals surface area contributed by atoms with Gasteiger partial charge in [-0.25, -0.2) is 4.98 Å². The van der Waals surface area contributed by atoms with Gasteiger partial charge in [-0.3, -0.25) is 23.7 Å². The van der Waals surface area contributed by atoms with Crippen LogP contribution < -0.4 is 16.2 Å². The van der Waals surface area contributed by atoms with Crippen LogP contribution in [0.5, 0.6) is 0 Å². The minimum Gasteiger partial charge on any atom is -0.374 e. The third kappa shape index (κ3) is 4.39. The Labute approximate surface area is 217 Å². The molecule has 38 heavy (non-hydrogen) atoms. The number of aromatic nitrogens is 2. The Morgan fingerprint density at radius 2 is 2.00 bits per heavy atom. The van der Waals surface area contributed by atoms with Gasteiger partial charge in [0.15, 0.2) is 0 Å². The maximum atomic E-state index is 13.5. The van der Waals surface area contributed by atoms with Gasteiger partial charge in [-0.2, -0.15) is 13.2 Å². The second-order valence-electron chi connectivity index (χ2n) is 9.55. The first-order chi connectivity index (χ1) is 17.9. The molecule has 13 heteroatoms. The van der Waals surface area contributed by atoms with Gasteiger partial charge >= 0.3 is 6.18 Å². The second kappa shape index (κ2) is 9.31. The smallest absolute Gasteiger partial charge is 0.374 e. The number of nitrogens with one attached hydrogen (secondary N) is 2. The van der Waals surface area contributed by atoms with Crippen LogP contribution in [0.1, 0.15) is 58.3 Å². The molecule has 3 N–H and O–H groups in total. The van der Waals surface area contributed by atoms with Crippen LogP contribution in [-0.2, 0) is 21.5 Å². The monoisotopic (exact) mass is 548 g/mol. The van der Waals surface area contributed by atoms with Gasteiger partial charge in [0, 0.05) is 10.9 Å². The lowest BCUT2D eigenvalue weighted by atomic mass is 9.93. The molecular formula is C25H23F3N4O5S. The molecule has 1 aliphatic heterocycles. The molecule has 2 amide bonds. The van der Waals surface area contributed by atoms with Crippen LogP contribution in [0.15, 0.2) is 34.4 Å². The van der Waals surface area contributed by atoms with Gasteiger partial charge in [0.2, 0.25) is 11.7 Å². The van der Waals surface area contributed by atoms with E-state index in [9.17, 15) is 37.5 Å². The summed E-state index contributed by atoms with van der Waals surface area (Å²) in [6.45, 7) is 1.44. The largest absolute Gasteiger partial charge is 0.398 e. The van der Waals surface area contributed by atoms with Crippen molar-refractivity contribution in [2.45, 2.75) is 63.0 Å². The zero-order valence-electron chi connectivity index (χ0n) is 20.1. The second-order valence-corrected chi connectivity index (χ2v) is 10.5. The average Bonchev–Trinajstić information content (AvgIpc) is 3.60. The van der Waals surface area contributed by atoms with Gasteiger partial charge in [0.05, 0.1) is 27.7 Å². The van der Waals surface area contributed by atoms with E-state index in [0.29, 0.717) is 10.4 Å². The highest BCUT2D eigenvalue weighted by molar-refractivity contribution is 7.11. The summed E-state index contributed by atoms with van der Waals surface area (Å²) >= 11 is 1.14. The molecule has 3 aromatic rings. The number of fused-ring (bicyclic) bond motifs is 1. The summed E-state index contributed by atoms with van der Waals surface area (Å²) < 4.78 is 41.7. The number of aliphatic hydroxyl groups is 1. The molecule has 1 aromatic carbocycles. The summed E-state index contributed by atoms with van der Waals surface area (Å²) in [5, 5.41) is 16.3. The van der Waals surface area contributed by atoms with Crippen molar-refractivity contribution >= 4 is 39.8 Å². The summed E-state index contributed by atoms with van der Waals surface area (Å²) in [6.07, 6.45) is -4.98. The number of hydrogen-bond donors (Lipinski definition) is 3. The van der Waals surface area contributed by atoms with Crippen LogP contribution in [0, 0.1) is 6.92 Å². The number of Topliss-reactive ketones (excluding diaryl/α,β-unsaturated/α-hetero) is 1. The number of rotatable bonds is 6. The van der Waals surface area contributed by atoms with Crippen LogP contribution in [0.2, 0.25) is 0 Å². The first-order valence-electron chi connectivity index (χ1n) is 11.9. The number of amides is 2. The number of benzene rings is 1. The molecule has 0 spiro atoms. The molecule has 3 heterocycles. The predicted octanol–water partition coefficient (Wildman–Crippen LogP) is 2.63. The van der Waals surface area contributed by atoms with Crippen molar-refractivity contribution in [2.24, 2.45) is 0 Å². The molecule has 2 atom stereocenters. The number of aliphatic hydroxyl groups excluding tert-OH is 1. The predicted molar refractivity (Wildman–Crippen MR) is 131 cm³/mol. The summed E-state index contributed by atoms with van der Waals surface area (Å²) in [5.74, 6) is -2.18. The highest BCUT2D eigenvalue weighted by Gasteiger charge is 2.64. The number of piperidine rings is 1. The van der Waals surface area contributed by atoms with Crippen molar-refractivity contribution < 1.29 is 32.7 Å². The van der Waals surface area contributed by atoms with Crippen molar-refractivity contribution in [3.63, 3.8) is 0 Å². The first-order valence-corrected chi connectivity index (χ1v) is 12.8. The quantitative estimate of drug-likeness (QED) is 0.321. The Morgan fingerprint density at radius 1 is 1.26 bits per heavy atom. The normalized spacial score (nSPS) is 20.7. The van der Waals surface area contributed by atoms with E-state index >= 15 is 0 Å². The molecule has 2 fully saturated rings. The molecule has 0 radical (unpaired) electrons. The number of carbonyl (C=O) groups is 3. The molecule has 200 valence electrons. The molecule has 2 aromatic heterocycles. The Balaban J connectivity index is 1.33. The summed E-state index contributed by atoms with van der Waals surface area (Å²) in [6, 6.07) is 4.25. The van der Waals surface area contributed by atoms with Gasteiger partial charge in [-0.1, -0.05) is 18.2 Å². The number of aryl methyl sites for hydroxylation is 1. The van der Waals surface area contributed by atoms with Crippen molar-refractivity contribution in [1.82, 2.24) is 20.2 Å². The highest BCUT2D eigenvalue weighted by atomic mass is 32.1. The maximum absolute atomic E-state index is 13.5. The van der Waals surface area contributed by atoms with Gasteiger partial charge in [-0.15, -0.1) is 11.3 Å². The van der Waals surface area contributed by atoms with E-state index in [1.165, 1.54) is 22.8 Å². The molecular weight excluding hydrogens is 525 g/mol. The molecule has 2 unspecified atom stereocenters. The zero-order valence-corrected chi connectivity index (χ0v) is 20.9. The number of nitrogens with zero attached hydrogens (tertiary/aromatic N) is 2. The Bertz CT molecular complexity index is 1530. The topological polar surface area (TPSA) is 130 Å². The molecule has 1 saturated carbocycles. The summed E-state index contributed by atoms with van der Waals surface area (Å²) in [4.78, 5) is 55.7. The van der Waals surface area contributed by atoms with Gasteiger partial charge < -0.3 is 15.7 Å². The SMILES string of the molecule is Cc1nc2c(CNC(=O)C(=O)c3cccc(C4(C(F)(F)F)CC4)c3)scc2c(=O)n1C1CCC(O)NC1=O. The molecule has 1 saturated heterocycles. The van der Waals surface area contributed by atoms with Crippen molar-refractivity contribution in [2.75, 3.05) is 0 Å².